The van der Waals surface area contributed by atoms with Crippen LogP contribution in [0.3, 0.4) is 0 Å². The van der Waals surface area contributed by atoms with Gasteiger partial charge in [0.1, 0.15) is 5.69 Å². The van der Waals surface area contributed by atoms with E-state index in [0.29, 0.717) is 42.8 Å². The first-order valence-corrected chi connectivity index (χ1v) is 12.8. The molecule has 35 heavy (non-hydrogen) atoms. The summed E-state index contributed by atoms with van der Waals surface area (Å²) in [6.07, 6.45) is 7.65. The standard InChI is InChI=1S/C27H34FN5O2/c1-18(2)20-15-21(19-7-5-12-32(17-19)24(34)8-14-33-13-6-9-29-33)25(28)26-22(20)16-23(30-26)27(35)31-10-3-4-11-31/h6,9,13,15-16,18-19,30H,3-5,7-8,10-12,14,17H2,1-2H3/t19-/m0/s1. The summed E-state index contributed by atoms with van der Waals surface area (Å²) in [5, 5.41) is 4.95. The smallest absolute Gasteiger partial charge is 0.270 e. The normalized spacial score (nSPS) is 18.7. The molecule has 7 nitrogen and oxygen atoms in total. The van der Waals surface area contributed by atoms with E-state index in [1.165, 1.54) is 0 Å². The van der Waals surface area contributed by atoms with Crippen LogP contribution in [0.4, 0.5) is 4.39 Å². The Balaban J connectivity index is 1.41. The molecule has 2 amide bonds. The number of likely N-dealkylation sites (tertiary alicyclic amines) is 2. The van der Waals surface area contributed by atoms with E-state index in [4.69, 9.17) is 0 Å². The van der Waals surface area contributed by atoms with Gasteiger partial charge in [-0.25, -0.2) is 4.39 Å². The van der Waals surface area contributed by atoms with Crippen molar-refractivity contribution in [3.63, 3.8) is 0 Å². The van der Waals surface area contributed by atoms with Crippen LogP contribution in [-0.2, 0) is 11.3 Å². The van der Waals surface area contributed by atoms with Crippen molar-refractivity contribution in [2.45, 2.75) is 64.3 Å². The van der Waals surface area contributed by atoms with Gasteiger partial charge in [-0.3, -0.25) is 14.3 Å². The number of aryl methyl sites for hydroxylation is 1. The van der Waals surface area contributed by atoms with E-state index in [1.54, 1.807) is 10.9 Å². The maximum atomic E-state index is 15.9. The Bertz CT molecular complexity index is 1210. The van der Waals surface area contributed by atoms with Crippen molar-refractivity contribution in [2.24, 2.45) is 0 Å². The average Bonchev–Trinajstić information content (AvgIpc) is 3.64. The van der Waals surface area contributed by atoms with E-state index in [1.807, 2.05) is 34.2 Å². The number of hydrogen-bond donors (Lipinski definition) is 1. The van der Waals surface area contributed by atoms with E-state index in [9.17, 15) is 9.59 Å². The molecule has 2 aliphatic rings. The van der Waals surface area contributed by atoms with Crippen molar-refractivity contribution in [3.8, 4) is 0 Å². The summed E-state index contributed by atoms with van der Waals surface area (Å²) in [5.41, 5.74) is 2.55. The van der Waals surface area contributed by atoms with Crippen molar-refractivity contribution in [3.05, 3.63) is 53.2 Å². The van der Waals surface area contributed by atoms with Gasteiger partial charge in [0.2, 0.25) is 5.91 Å². The highest BCUT2D eigenvalue weighted by molar-refractivity contribution is 5.99. The number of carbonyl (C=O) groups is 2. The molecule has 1 aromatic carbocycles. The number of hydrogen-bond acceptors (Lipinski definition) is 3. The van der Waals surface area contributed by atoms with Crippen molar-refractivity contribution in [2.75, 3.05) is 26.2 Å². The van der Waals surface area contributed by atoms with Crippen LogP contribution >= 0.6 is 0 Å². The Morgan fingerprint density at radius 1 is 1.14 bits per heavy atom. The number of fused-ring (bicyclic) bond motifs is 1. The van der Waals surface area contributed by atoms with Gasteiger partial charge in [0.15, 0.2) is 5.82 Å². The second kappa shape index (κ2) is 9.84. The lowest BCUT2D eigenvalue weighted by Crippen LogP contribution is -2.39. The minimum atomic E-state index is -0.291. The fourth-order valence-electron chi connectivity index (χ4n) is 5.55. The molecule has 2 fully saturated rings. The van der Waals surface area contributed by atoms with Gasteiger partial charge in [-0.05, 0) is 54.9 Å². The quantitative estimate of drug-likeness (QED) is 0.559. The summed E-state index contributed by atoms with van der Waals surface area (Å²) < 4.78 is 17.7. The van der Waals surface area contributed by atoms with Crippen molar-refractivity contribution in [1.82, 2.24) is 24.6 Å². The van der Waals surface area contributed by atoms with E-state index < -0.39 is 0 Å². The number of aromatic nitrogens is 3. The second-order valence-electron chi connectivity index (χ2n) is 10.2. The van der Waals surface area contributed by atoms with Crippen LogP contribution in [0.1, 0.15) is 79.4 Å². The number of carbonyl (C=O) groups excluding carboxylic acids is 2. The van der Waals surface area contributed by atoms with Gasteiger partial charge in [-0.1, -0.05) is 19.9 Å². The lowest BCUT2D eigenvalue weighted by Gasteiger charge is -2.33. The number of nitrogens with zero attached hydrogens (tertiary/aromatic N) is 4. The van der Waals surface area contributed by atoms with Gasteiger partial charge in [0.05, 0.1) is 5.52 Å². The molecule has 8 heteroatoms. The van der Waals surface area contributed by atoms with Crippen molar-refractivity contribution in [1.29, 1.82) is 0 Å². The lowest BCUT2D eigenvalue weighted by atomic mass is 9.86. The topological polar surface area (TPSA) is 74.2 Å². The molecule has 4 heterocycles. The highest BCUT2D eigenvalue weighted by Crippen LogP contribution is 2.37. The van der Waals surface area contributed by atoms with E-state index in [2.05, 4.69) is 23.9 Å². The number of benzene rings is 1. The maximum Gasteiger partial charge on any atom is 0.270 e. The SMILES string of the molecule is CC(C)c1cc([C@H]2CCCN(C(=O)CCn3cccn3)C2)c(F)c2[nH]c(C(=O)N3CCCC3)cc12. The number of aromatic amines is 1. The van der Waals surface area contributed by atoms with Crippen LogP contribution in [0.2, 0.25) is 0 Å². The lowest BCUT2D eigenvalue weighted by molar-refractivity contribution is -0.132. The Morgan fingerprint density at radius 2 is 1.91 bits per heavy atom. The minimum Gasteiger partial charge on any atom is -0.348 e. The predicted octanol–water partition coefficient (Wildman–Crippen LogP) is 4.66. The Hall–Kier alpha value is -3.16. The number of rotatable bonds is 6. The van der Waals surface area contributed by atoms with E-state index in [0.717, 1.165) is 49.7 Å². The van der Waals surface area contributed by atoms with Crippen molar-refractivity contribution < 1.29 is 14.0 Å². The molecule has 0 radical (unpaired) electrons. The predicted molar refractivity (Wildman–Crippen MR) is 133 cm³/mol. The molecule has 2 aromatic heterocycles. The molecule has 1 N–H and O–H groups in total. The van der Waals surface area contributed by atoms with Gasteiger partial charge in [0.25, 0.3) is 5.91 Å². The third-order valence-electron chi connectivity index (χ3n) is 7.49. The van der Waals surface area contributed by atoms with Gasteiger partial charge in [-0.15, -0.1) is 0 Å². The maximum absolute atomic E-state index is 15.9. The van der Waals surface area contributed by atoms with Crippen LogP contribution in [-0.4, -0.2) is 62.6 Å². The average molecular weight is 480 g/mol. The third-order valence-corrected chi connectivity index (χ3v) is 7.49. The molecule has 186 valence electrons. The molecule has 5 rings (SSSR count). The number of H-pyrrole nitrogens is 1. The van der Waals surface area contributed by atoms with Crippen LogP contribution in [0.15, 0.2) is 30.6 Å². The number of nitrogens with one attached hydrogen (secondary N) is 1. The first kappa shape index (κ1) is 23.6. The summed E-state index contributed by atoms with van der Waals surface area (Å²) in [4.78, 5) is 32.7. The summed E-state index contributed by atoms with van der Waals surface area (Å²) in [6.45, 7) is 7.46. The molecular weight excluding hydrogens is 445 g/mol. The molecule has 1 atom stereocenters. The Morgan fingerprint density at radius 3 is 2.63 bits per heavy atom. The fourth-order valence-corrected chi connectivity index (χ4v) is 5.55. The zero-order chi connectivity index (χ0) is 24.5. The van der Waals surface area contributed by atoms with Crippen LogP contribution in [0.5, 0.6) is 0 Å². The van der Waals surface area contributed by atoms with Crippen LogP contribution in [0.25, 0.3) is 10.9 Å². The molecule has 2 aliphatic heterocycles. The second-order valence-corrected chi connectivity index (χ2v) is 10.2. The summed E-state index contributed by atoms with van der Waals surface area (Å²) >= 11 is 0. The van der Waals surface area contributed by atoms with Crippen molar-refractivity contribution >= 4 is 22.7 Å². The summed E-state index contributed by atoms with van der Waals surface area (Å²) in [6, 6.07) is 5.64. The van der Waals surface area contributed by atoms with Gasteiger partial charge >= 0.3 is 0 Å². The monoisotopic (exact) mass is 479 g/mol. The molecule has 0 saturated carbocycles. The molecule has 0 unspecified atom stereocenters. The minimum absolute atomic E-state index is 0.0547. The highest BCUT2D eigenvalue weighted by atomic mass is 19.1. The van der Waals surface area contributed by atoms with Gasteiger partial charge < -0.3 is 14.8 Å². The van der Waals surface area contributed by atoms with Gasteiger partial charge in [-0.2, -0.15) is 5.10 Å². The highest BCUT2D eigenvalue weighted by Gasteiger charge is 2.30. The first-order valence-electron chi connectivity index (χ1n) is 12.8. The molecule has 0 spiro atoms. The van der Waals surface area contributed by atoms with Crippen LogP contribution < -0.4 is 0 Å². The van der Waals surface area contributed by atoms with E-state index >= 15 is 4.39 Å². The first-order chi connectivity index (χ1) is 16.9. The zero-order valence-electron chi connectivity index (χ0n) is 20.6. The summed E-state index contributed by atoms with van der Waals surface area (Å²) in [7, 11) is 0. The number of halogens is 1. The molecule has 3 aromatic rings. The molecule has 0 bridgehead atoms. The van der Waals surface area contributed by atoms with E-state index in [-0.39, 0.29) is 29.5 Å². The molecular formula is C27H34FN5O2. The van der Waals surface area contributed by atoms with Gasteiger partial charge in [0, 0.05) is 62.8 Å². The fraction of sp³-hybridized carbons (Fsp3) is 0.519. The summed E-state index contributed by atoms with van der Waals surface area (Å²) in [5.74, 6) is -0.158. The molecule has 0 aliphatic carbocycles. The third kappa shape index (κ3) is 4.70. The molecule has 2 saturated heterocycles. The largest absolute Gasteiger partial charge is 0.348 e. The van der Waals surface area contributed by atoms with Crippen LogP contribution in [0, 0.1) is 5.82 Å². The Kier molecular flexibility index (Phi) is 6.62. The number of amides is 2. The zero-order valence-corrected chi connectivity index (χ0v) is 20.6. The number of piperidine rings is 1. The Labute approximate surface area is 205 Å².